The molecule has 2 amide bonds. The van der Waals surface area contributed by atoms with Gasteiger partial charge in [0.05, 0.1) is 5.75 Å². The third-order valence-electron chi connectivity index (χ3n) is 5.08. The number of hydrogen-bond acceptors (Lipinski definition) is 3. The summed E-state index contributed by atoms with van der Waals surface area (Å²) in [4.78, 5) is 28.9. The Morgan fingerprint density at radius 3 is 2.15 bits per heavy atom. The van der Waals surface area contributed by atoms with Gasteiger partial charge in [-0.2, -0.15) is 0 Å². The summed E-state index contributed by atoms with van der Waals surface area (Å²) in [6.45, 7) is 0.115. The molecule has 1 atom stereocenters. The summed E-state index contributed by atoms with van der Waals surface area (Å²) in [7, 11) is 1.56. The number of amides is 2. The Hall–Kier alpha value is -2.18. The quantitative estimate of drug-likeness (QED) is 0.345. The van der Waals surface area contributed by atoms with E-state index in [0.717, 1.165) is 10.5 Å². The standard InChI is InChI=1S/C25H23Cl3N2O2S/c1-29-25(32)23(14-17-6-3-2-4-7-17)30(15-20-21(27)8-5-9-22(20)28)24(31)16-33-19-12-10-18(26)11-13-19/h2-13,23H,14-16H2,1H3,(H,29,32)/t23-/m1/s1. The minimum Gasteiger partial charge on any atom is -0.357 e. The van der Waals surface area contributed by atoms with Gasteiger partial charge in [0.15, 0.2) is 0 Å². The molecule has 3 aromatic rings. The van der Waals surface area contributed by atoms with E-state index < -0.39 is 6.04 Å². The Morgan fingerprint density at radius 1 is 0.909 bits per heavy atom. The first-order valence-corrected chi connectivity index (χ1v) is 12.4. The SMILES string of the molecule is CNC(=O)[C@@H](Cc1ccccc1)N(Cc1c(Cl)cccc1Cl)C(=O)CSc1ccc(Cl)cc1. The molecule has 0 radical (unpaired) electrons. The molecule has 172 valence electrons. The number of rotatable bonds is 9. The summed E-state index contributed by atoms with van der Waals surface area (Å²) in [5.41, 5.74) is 1.55. The van der Waals surface area contributed by atoms with Gasteiger partial charge in [0.25, 0.3) is 0 Å². The van der Waals surface area contributed by atoms with Gasteiger partial charge in [-0.25, -0.2) is 0 Å². The van der Waals surface area contributed by atoms with E-state index in [4.69, 9.17) is 34.8 Å². The maximum Gasteiger partial charge on any atom is 0.242 e. The van der Waals surface area contributed by atoms with E-state index in [2.05, 4.69) is 5.32 Å². The van der Waals surface area contributed by atoms with Crippen LogP contribution in [0, 0.1) is 0 Å². The van der Waals surface area contributed by atoms with Crippen molar-refractivity contribution in [1.82, 2.24) is 10.2 Å². The summed E-state index contributed by atoms with van der Waals surface area (Å²) in [6.07, 6.45) is 0.361. The molecule has 1 N–H and O–H groups in total. The third kappa shape index (κ3) is 7.15. The van der Waals surface area contributed by atoms with Crippen LogP contribution in [-0.2, 0) is 22.6 Å². The Labute approximate surface area is 213 Å². The maximum atomic E-state index is 13.5. The molecule has 3 rings (SSSR count). The lowest BCUT2D eigenvalue weighted by Crippen LogP contribution is -2.50. The number of halogens is 3. The van der Waals surface area contributed by atoms with Gasteiger partial charge < -0.3 is 10.2 Å². The molecule has 4 nitrogen and oxygen atoms in total. The van der Waals surface area contributed by atoms with Gasteiger partial charge >= 0.3 is 0 Å². The topological polar surface area (TPSA) is 49.4 Å². The van der Waals surface area contributed by atoms with Gasteiger partial charge in [-0.1, -0.05) is 71.2 Å². The molecule has 0 heterocycles. The zero-order valence-corrected chi connectivity index (χ0v) is 21.0. The molecular weight excluding hydrogens is 499 g/mol. The third-order valence-corrected chi connectivity index (χ3v) is 7.04. The van der Waals surface area contributed by atoms with E-state index in [1.54, 1.807) is 42.3 Å². The van der Waals surface area contributed by atoms with Crippen LogP contribution in [0.4, 0.5) is 0 Å². The minimum atomic E-state index is -0.733. The summed E-state index contributed by atoms with van der Waals surface area (Å²) < 4.78 is 0. The van der Waals surface area contributed by atoms with Crippen molar-refractivity contribution in [2.45, 2.75) is 23.9 Å². The Morgan fingerprint density at radius 2 is 1.55 bits per heavy atom. The lowest BCUT2D eigenvalue weighted by atomic mass is 10.0. The molecule has 0 spiro atoms. The lowest BCUT2D eigenvalue weighted by molar-refractivity contribution is -0.139. The molecule has 0 saturated carbocycles. The highest BCUT2D eigenvalue weighted by Crippen LogP contribution is 2.28. The number of benzene rings is 3. The van der Waals surface area contributed by atoms with Crippen molar-refractivity contribution in [1.29, 1.82) is 0 Å². The van der Waals surface area contributed by atoms with Crippen LogP contribution in [0.2, 0.25) is 15.1 Å². The normalized spacial score (nSPS) is 11.6. The second-order valence-corrected chi connectivity index (χ2v) is 9.58. The van der Waals surface area contributed by atoms with Gasteiger partial charge in [0, 0.05) is 45.5 Å². The zero-order chi connectivity index (χ0) is 23.8. The first-order valence-electron chi connectivity index (χ1n) is 10.2. The van der Waals surface area contributed by atoms with E-state index in [-0.39, 0.29) is 24.1 Å². The molecule has 0 aliphatic heterocycles. The zero-order valence-electron chi connectivity index (χ0n) is 17.9. The van der Waals surface area contributed by atoms with Crippen molar-refractivity contribution in [3.05, 3.63) is 99.0 Å². The predicted molar refractivity (Wildman–Crippen MR) is 137 cm³/mol. The van der Waals surface area contributed by atoms with Crippen molar-refractivity contribution >= 4 is 58.4 Å². The van der Waals surface area contributed by atoms with Gasteiger partial charge in [-0.05, 0) is 42.0 Å². The van der Waals surface area contributed by atoms with Crippen LogP contribution in [0.3, 0.4) is 0 Å². The van der Waals surface area contributed by atoms with Crippen LogP contribution in [0.25, 0.3) is 0 Å². The lowest BCUT2D eigenvalue weighted by Gasteiger charge is -2.31. The van der Waals surface area contributed by atoms with Gasteiger partial charge in [0.2, 0.25) is 11.8 Å². The highest BCUT2D eigenvalue weighted by atomic mass is 35.5. The summed E-state index contributed by atoms with van der Waals surface area (Å²) in [6, 6.07) is 21.3. The maximum absolute atomic E-state index is 13.5. The van der Waals surface area contributed by atoms with Crippen LogP contribution in [0.5, 0.6) is 0 Å². The second-order valence-electron chi connectivity index (χ2n) is 7.28. The molecule has 0 aliphatic carbocycles. The van der Waals surface area contributed by atoms with E-state index in [1.807, 2.05) is 42.5 Å². The highest BCUT2D eigenvalue weighted by molar-refractivity contribution is 8.00. The van der Waals surface area contributed by atoms with Gasteiger partial charge in [-0.15, -0.1) is 11.8 Å². The van der Waals surface area contributed by atoms with E-state index in [1.165, 1.54) is 11.8 Å². The Bertz CT molecular complexity index is 1070. The molecule has 3 aromatic carbocycles. The first-order chi connectivity index (χ1) is 15.9. The summed E-state index contributed by atoms with van der Waals surface area (Å²) in [5.74, 6) is -0.311. The average Bonchev–Trinajstić information content (AvgIpc) is 2.82. The number of hydrogen-bond donors (Lipinski definition) is 1. The molecular formula is C25H23Cl3N2O2S. The number of carbonyl (C=O) groups is 2. The van der Waals surface area contributed by atoms with Crippen LogP contribution in [-0.4, -0.2) is 35.6 Å². The molecule has 8 heteroatoms. The van der Waals surface area contributed by atoms with Crippen LogP contribution in [0.15, 0.2) is 77.7 Å². The van der Waals surface area contributed by atoms with Crippen molar-refractivity contribution in [2.24, 2.45) is 0 Å². The second kappa shape index (κ2) is 12.3. The number of nitrogens with one attached hydrogen (secondary N) is 1. The number of nitrogens with zero attached hydrogens (tertiary/aromatic N) is 1. The highest BCUT2D eigenvalue weighted by Gasteiger charge is 2.30. The van der Waals surface area contributed by atoms with Crippen LogP contribution < -0.4 is 5.32 Å². The number of carbonyl (C=O) groups excluding carboxylic acids is 2. The predicted octanol–water partition coefficient (Wildman–Crippen LogP) is 6.13. The fourth-order valence-electron chi connectivity index (χ4n) is 3.33. The van der Waals surface area contributed by atoms with Crippen molar-refractivity contribution in [2.75, 3.05) is 12.8 Å². The minimum absolute atomic E-state index is 0.115. The van der Waals surface area contributed by atoms with Crippen LogP contribution in [0.1, 0.15) is 11.1 Å². The fraction of sp³-hybridized carbons (Fsp3) is 0.200. The summed E-state index contributed by atoms with van der Waals surface area (Å²) in [5, 5.41) is 4.21. The molecule has 0 aliphatic rings. The van der Waals surface area contributed by atoms with Gasteiger partial charge in [-0.3, -0.25) is 9.59 Å². The van der Waals surface area contributed by atoms with Crippen LogP contribution >= 0.6 is 46.6 Å². The monoisotopic (exact) mass is 520 g/mol. The van der Waals surface area contributed by atoms with Crippen molar-refractivity contribution in [3.8, 4) is 0 Å². The molecule has 33 heavy (non-hydrogen) atoms. The molecule has 0 fully saturated rings. The molecule has 0 bridgehead atoms. The van der Waals surface area contributed by atoms with E-state index in [0.29, 0.717) is 27.1 Å². The van der Waals surface area contributed by atoms with Crippen molar-refractivity contribution < 1.29 is 9.59 Å². The number of likely N-dealkylation sites (N-methyl/N-ethyl adjacent to an activating group) is 1. The molecule has 0 saturated heterocycles. The number of thioether (sulfide) groups is 1. The first kappa shape index (κ1) is 25.4. The smallest absolute Gasteiger partial charge is 0.242 e. The van der Waals surface area contributed by atoms with Gasteiger partial charge in [0.1, 0.15) is 6.04 Å². The Balaban J connectivity index is 1.91. The van der Waals surface area contributed by atoms with E-state index >= 15 is 0 Å². The summed E-state index contributed by atoms with van der Waals surface area (Å²) >= 11 is 20.1. The van der Waals surface area contributed by atoms with E-state index in [9.17, 15) is 9.59 Å². The molecule has 0 aromatic heterocycles. The average molecular weight is 522 g/mol. The molecule has 0 unspecified atom stereocenters. The fourth-order valence-corrected chi connectivity index (χ4v) is 4.76. The largest absolute Gasteiger partial charge is 0.357 e. The Kier molecular flexibility index (Phi) is 9.51. The van der Waals surface area contributed by atoms with Crippen molar-refractivity contribution in [3.63, 3.8) is 0 Å².